The largest absolute Gasteiger partial charge is 0.497 e. The summed E-state index contributed by atoms with van der Waals surface area (Å²) in [7, 11) is 1.67. The minimum absolute atomic E-state index is 0.244. The zero-order valence-corrected chi connectivity index (χ0v) is 17.9. The van der Waals surface area contributed by atoms with Crippen LogP contribution < -0.4 is 9.47 Å². The summed E-state index contributed by atoms with van der Waals surface area (Å²) >= 11 is 1.49. The van der Waals surface area contributed by atoms with Gasteiger partial charge in [-0.3, -0.25) is 0 Å². The lowest BCUT2D eigenvalue weighted by Crippen LogP contribution is -2.39. The molecule has 0 unspecified atom stereocenters. The Labute approximate surface area is 180 Å². The number of nitrogens with zero attached hydrogens (tertiary/aromatic N) is 2. The summed E-state index contributed by atoms with van der Waals surface area (Å²) in [6.07, 6.45) is 4.41. The third-order valence-corrected chi connectivity index (χ3v) is 6.24. The average molecular weight is 427 g/mol. The number of rotatable bonds is 7. The van der Waals surface area contributed by atoms with Crippen LogP contribution in [0.4, 0.5) is 4.79 Å². The Morgan fingerprint density at radius 2 is 1.90 bits per heavy atom. The second kappa shape index (κ2) is 9.80. The fourth-order valence-corrected chi connectivity index (χ4v) is 4.23. The van der Waals surface area contributed by atoms with Crippen molar-refractivity contribution >= 4 is 28.2 Å². The van der Waals surface area contributed by atoms with Gasteiger partial charge in [-0.25, -0.2) is 9.78 Å². The quantitative estimate of drug-likeness (QED) is 0.525. The Kier molecular flexibility index (Phi) is 6.69. The molecule has 0 aliphatic carbocycles. The Morgan fingerprint density at radius 3 is 2.63 bits per heavy atom. The lowest BCUT2D eigenvalue weighted by atomic mass is 9.94. The molecule has 2 heterocycles. The molecule has 1 aliphatic heterocycles. The lowest BCUT2D eigenvalue weighted by molar-refractivity contribution is 0.0799. The Balaban J connectivity index is 1.19. The monoisotopic (exact) mass is 426 g/mol. The summed E-state index contributed by atoms with van der Waals surface area (Å²) in [6, 6.07) is 12.2. The van der Waals surface area contributed by atoms with E-state index in [0.717, 1.165) is 59.6 Å². The number of amides is 1. The van der Waals surface area contributed by atoms with Crippen molar-refractivity contribution in [1.82, 2.24) is 9.88 Å². The van der Waals surface area contributed by atoms with Gasteiger partial charge in [0.1, 0.15) is 23.1 Å². The molecule has 2 aromatic carbocycles. The van der Waals surface area contributed by atoms with Crippen molar-refractivity contribution in [2.45, 2.75) is 25.9 Å². The maximum Gasteiger partial charge on any atom is 0.410 e. The van der Waals surface area contributed by atoms with E-state index in [4.69, 9.17) is 14.2 Å². The number of piperidine rings is 1. The molecular weight excluding hydrogens is 400 g/mol. The van der Waals surface area contributed by atoms with E-state index in [-0.39, 0.29) is 12.7 Å². The molecule has 1 amide bonds. The van der Waals surface area contributed by atoms with E-state index in [0.29, 0.717) is 12.5 Å². The van der Waals surface area contributed by atoms with Gasteiger partial charge in [-0.2, -0.15) is 0 Å². The van der Waals surface area contributed by atoms with Crippen molar-refractivity contribution < 1.29 is 19.0 Å². The molecule has 1 aromatic heterocycles. The van der Waals surface area contributed by atoms with Crippen molar-refractivity contribution in [1.29, 1.82) is 0 Å². The third kappa shape index (κ3) is 5.21. The predicted octanol–water partition coefficient (Wildman–Crippen LogP) is 5.12. The van der Waals surface area contributed by atoms with E-state index < -0.39 is 0 Å². The number of carbonyl (C=O) groups excluding carboxylic acids is 1. The molecular formula is C23H26N2O4S. The fraction of sp³-hybridized carbons (Fsp3) is 0.391. The number of hydrogen-bond donors (Lipinski definition) is 0. The summed E-state index contributed by atoms with van der Waals surface area (Å²) in [6.45, 7) is 2.39. The van der Waals surface area contributed by atoms with Crippen molar-refractivity contribution in [2.75, 3.05) is 26.8 Å². The normalized spacial score (nSPS) is 14.6. The molecule has 6 nitrogen and oxygen atoms in total. The first kappa shape index (κ1) is 20.5. The third-order valence-electron chi connectivity index (χ3n) is 5.49. The van der Waals surface area contributed by atoms with Gasteiger partial charge < -0.3 is 19.1 Å². The maximum absolute atomic E-state index is 12.2. The van der Waals surface area contributed by atoms with E-state index in [2.05, 4.69) is 17.1 Å². The number of hydrogen-bond acceptors (Lipinski definition) is 6. The number of carbonyl (C=O) groups is 1. The van der Waals surface area contributed by atoms with Crippen molar-refractivity contribution in [3.8, 4) is 11.5 Å². The van der Waals surface area contributed by atoms with Crippen LogP contribution in [0.3, 0.4) is 0 Å². The topological polar surface area (TPSA) is 60.9 Å². The first-order chi connectivity index (χ1) is 14.7. The molecule has 0 atom stereocenters. The summed E-state index contributed by atoms with van der Waals surface area (Å²) in [5.41, 5.74) is 0. The Hall–Kier alpha value is -2.80. The number of fused-ring (bicyclic) bond motifs is 1. The van der Waals surface area contributed by atoms with Crippen LogP contribution in [0, 0.1) is 5.92 Å². The molecule has 158 valence electrons. The second-order valence-corrected chi connectivity index (χ2v) is 8.40. The number of methoxy groups -OCH3 is 1. The van der Waals surface area contributed by atoms with E-state index >= 15 is 0 Å². The highest BCUT2D eigenvalue weighted by molar-refractivity contribution is 7.09. The molecule has 1 fully saturated rings. The van der Waals surface area contributed by atoms with Crippen LogP contribution in [0.15, 0.2) is 48.0 Å². The second-order valence-electron chi connectivity index (χ2n) is 7.42. The summed E-state index contributed by atoms with van der Waals surface area (Å²) < 4.78 is 16.6. The van der Waals surface area contributed by atoms with Crippen molar-refractivity contribution in [3.63, 3.8) is 0 Å². The highest BCUT2D eigenvalue weighted by Gasteiger charge is 2.23. The van der Waals surface area contributed by atoms with Gasteiger partial charge in [-0.15, -0.1) is 11.3 Å². The van der Waals surface area contributed by atoms with Gasteiger partial charge in [0.2, 0.25) is 0 Å². The van der Waals surface area contributed by atoms with E-state index in [9.17, 15) is 4.79 Å². The molecule has 30 heavy (non-hydrogen) atoms. The summed E-state index contributed by atoms with van der Waals surface area (Å²) in [5.74, 6) is 2.28. The standard InChI is InChI=1S/C23H26N2O4S/c1-27-20-4-2-18-3-5-21(15-19(18)14-20)28-12-8-17-6-10-25(11-7-17)23(26)29-16-22-24-9-13-30-22/h2-5,9,13-15,17H,6-8,10-12,16H2,1H3. The zero-order valence-electron chi connectivity index (χ0n) is 17.1. The average Bonchev–Trinajstić information content (AvgIpc) is 3.31. The van der Waals surface area contributed by atoms with E-state index in [1.165, 1.54) is 11.3 Å². The number of benzene rings is 2. The molecule has 0 spiro atoms. The van der Waals surface area contributed by atoms with Gasteiger partial charge in [0.15, 0.2) is 0 Å². The van der Waals surface area contributed by atoms with Crippen LogP contribution in [-0.2, 0) is 11.3 Å². The van der Waals surface area contributed by atoms with Crippen LogP contribution in [0.25, 0.3) is 10.8 Å². The van der Waals surface area contributed by atoms with Crippen LogP contribution in [-0.4, -0.2) is 42.8 Å². The molecule has 4 rings (SSSR count). The smallest absolute Gasteiger partial charge is 0.410 e. The first-order valence-corrected chi connectivity index (χ1v) is 11.1. The highest BCUT2D eigenvalue weighted by atomic mass is 32.1. The molecule has 7 heteroatoms. The lowest BCUT2D eigenvalue weighted by Gasteiger charge is -2.31. The van der Waals surface area contributed by atoms with Crippen LogP contribution in [0.1, 0.15) is 24.3 Å². The first-order valence-electron chi connectivity index (χ1n) is 10.2. The van der Waals surface area contributed by atoms with Gasteiger partial charge in [0.05, 0.1) is 13.7 Å². The van der Waals surface area contributed by atoms with Gasteiger partial charge in [-0.05, 0) is 60.2 Å². The Bertz CT molecular complexity index is 969. The maximum atomic E-state index is 12.2. The summed E-state index contributed by atoms with van der Waals surface area (Å²) in [4.78, 5) is 18.1. The summed E-state index contributed by atoms with van der Waals surface area (Å²) in [5, 5.41) is 4.97. The number of likely N-dealkylation sites (tertiary alicyclic amines) is 1. The number of aromatic nitrogens is 1. The van der Waals surface area contributed by atoms with Crippen molar-refractivity contribution in [2.24, 2.45) is 5.92 Å². The fourth-order valence-electron chi connectivity index (χ4n) is 3.71. The van der Waals surface area contributed by atoms with E-state index in [1.54, 1.807) is 18.2 Å². The Morgan fingerprint density at radius 1 is 1.13 bits per heavy atom. The van der Waals surface area contributed by atoms with Crippen molar-refractivity contribution in [3.05, 3.63) is 53.0 Å². The van der Waals surface area contributed by atoms with Crippen LogP contribution in [0.5, 0.6) is 11.5 Å². The predicted molar refractivity (Wildman–Crippen MR) is 117 cm³/mol. The molecule has 0 saturated carbocycles. The molecule has 3 aromatic rings. The van der Waals surface area contributed by atoms with Gasteiger partial charge >= 0.3 is 6.09 Å². The van der Waals surface area contributed by atoms with Gasteiger partial charge in [-0.1, -0.05) is 12.1 Å². The van der Waals surface area contributed by atoms with E-state index in [1.807, 2.05) is 29.6 Å². The molecule has 0 radical (unpaired) electrons. The van der Waals surface area contributed by atoms with Gasteiger partial charge in [0, 0.05) is 24.7 Å². The minimum Gasteiger partial charge on any atom is -0.497 e. The van der Waals surface area contributed by atoms with Crippen LogP contribution in [0.2, 0.25) is 0 Å². The highest BCUT2D eigenvalue weighted by Crippen LogP contribution is 2.26. The van der Waals surface area contributed by atoms with Crippen LogP contribution >= 0.6 is 11.3 Å². The molecule has 1 aliphatic rings. The zero-order chi connectivity index (χ0) is 20.8. The van der Waals surface area contributed by atoms with Gasteiger partial charge in [0.25, 0.3) is 0 Å². The molecule has 1 saturated heterocycles. The molecule has 0 N–H and O–H groups in total. The molecule has 0 bridgehead atoms. The minimum atomic E-state index is -0.244. The SMILES string of the molecule is COc1ccc2ccc(OCCC3CCN(C(=O)OCc4nccs4)CC3)cc2c1. The number of thiazole rings is 1. The number of ether oxygens (including phenoxy) is 3.